The predicted molar refractivity (Wildman–Crippen MR) is 82.9 cm³/mol. The molecule has 1 aliphatic carbocycles. The second-order valence-corrected chi connectivity index (χ2v) is 5.57. The first kappa shape index (κ1) is 14.8. The van der Waals surface area contributed by atoms with Gasteiger partial charge in [-0.05, 0) is 31.1 Å². The Morgan fingerprint density at radius 3 is 2.73 bits per heavy atom. The first-order valence-electron chi connectivity index (χ1n) is 7.71. The van der Waals surface area contributed by atoms with Gasteiger partial charge >= 0.3 is 0 Å². The molecule has 0 radical (unpaired) electrons. The van der Waals surface area contributed by atoms with Crippen LogP contribution in [-0.4, -0.2) is 23.5 Å². The fourth-order valence-electron chi connectivity index (χ4n) is 2.96. The van der Waals surface area contributed by atoms with Crippen molar-refractivity contribution in [3.63, 3.8) is 0 Å². The molecule has 0 N–H and O–H groups in total. The quantitative estimate of drug-likeness (QED) is 0.633. The first-order valence-corrected chi connectivity index (χ1v) is 7.71. The monoisotopic (exact) mass is 300 g/mol. The second kappa shape index (κ2) is 6.75. The number of pyridine rings is 1. The van der Waals surface area contributed by atoms with E-state index in [2.05, 4.69) is 11.6 Å². The van der Waals surface area contributed by atoms with E-state index in [0.717, 1.165) is 25.7 Å². The molecular formula is C17H20N2O3. The molecule has 0 spiro atoms. The minimum atomic E-state index is -0.164. The first-order chi connectivity index (χ1) is 10.8. The maximum Gasteiger partial charge on any atom is 0.262 e. The van der Waals surface area contributed by atoms with Gasteiger partial charge in [0.15, 0.2) is 5.76 Å². The van der Waals surface area contributed by atoms with E-state index in [1.807, 2.05) is 18.2 Å². The minimum absolute atomic E-state index is 0.163. The van der Waals surface area contributed by atoms with Crippen molar-refractivity contribution in [3.05, 3.63) is 48.4 Å². The number of carbonyl (C=O) groups is 1. The van der Waals surface area contributed by atoms with Gasteiger partial charge in [0.1, 0.15) is 12.4 Å². The molecule has 5 heteroatoms. The summed E-state index contributed by atoms with van der Waals surface area (Å²) < 4.78 is 0. The molecule has 2 aliphatic rings. The molecule has 1 saturated carbocycles. The summed E-state index contributed by atoms with van der Waals surface area (Å²) >= 11 is 0. The number of amides is 1. The van der Waals surface area contributed by atoms with Crippen LogP contribution in [0.1, 0.15) is 32.1 Å². The highest BCUT2D eigenvalue weighted by atomic mass is 17.2. The maximum atomic E-state index is 12.9. The number of hydrogen-bond donors (Lipinski definition) is 0. The van der Waals surface area contributed by atoms with Crippen molar-refractivity contribution < 1.29 is 14.6 Å². The number of aromatic nitrogens is 1. The molecule has 1 aliphatic heterocycles. The topological polar surface area (TPSA) is 51.7 Å². The molecule has 1 aromatic rings. The summed E-state index contributed by atoms with van der Waals surface area (Å²) in [6.07, 6.45) is 8.90. The van der Waals surface area contributed by atoms with Gasteiger partial charge in [-0.3, -0.25) is 9.69 Å². The largest absolute Gasteiger partial charge is 0.337 e. The molecule has 2 heterocycles. The van der Waals surface area contributed by atoms with E-state index in [-0.39, 0.29) is 11.9 Å². The third-order valence-corrected chi connectivity index (χ3v) is 4.10. The molecule has 0 saturated heterocycles. The molecule has 1 amide bonds. The second-order valence-electron chi connectivity index (χ2n) is 5.57. The summed E-state index contributed by atoms with van der Waals surface area (Å²) in [6.45, 7) is 4.23. The Kier molecular flexibility index (Phi) is 4.53. The van der Waals surface area contributed by atoms with Gasteiger partial charge < -0.3 is 4.89 Å². The Hall–Kier alpha value is -2.14. The molecule has 22 heavy (non-hydrogen) atoms. The molecule has 1 fully saturated rings. The van der Waals surface area contributed by atoms with E-state index in [0.29, 0.717) is 23.8 Å². The molecule has 0 aromatic carbocycles. The highest BCUT2D eigenvalue weighted by Gasteiger charge is 2.31. The van der Waals surface area contributed by atoms with Crippen LogP contribution < -0.4 is 4.90 Å². The Morgan fingerprint density at radius 1 is 1.27 bits per heavy atom. The zero-order valence-electron chi connectivity index (χ0n) is 12.5. The number of hydrogen-bond acceptors (Lipinski definition) is 4. The van der Waals surface area contributed by atoms with Crippen LogP contribution in [0.25, 0.3) is 0 Å². The van der Waals surface area contributed by atoms with Crippen LogP contribution in [0.4, 0.5) is 5.82 Å². The number of rotatable bonds is 4. The maximum absolute atomic E-state index is 12.9. The van der Waals surface area contributed by atoms with E-state index in [1.54, 1.807) is 17.2 Å². The Balaban J connectivity index is 1.87. The Morgan fingerprint density at radius 2 is 2.09 bits per heavy atom. The average Bonchev–Trinajstić information content (AvgIpc) is 3.11. The summed E-state index contributed by atoms with van der Waals surface area (Å²) in [7, 11) is 0. The van der Waals surface area contributed by atoms with Crippen LogP contribution in [0.15, 0.2) is 48.4 Å². The summed E-state index contributed by atoms with van der Waals surface area (Å²) in [5.74, 6) is 0.907. The van der Waals surface area contributed by atoms with Crippen LogP contribution >= 0.6 is 0 Å². The lowest BCUT2D eigenvalue weighted by molar-refractivity contribution is -0.231. The summed E-state index contributed by atoms with van der Waals surface area (Å²) in [5.41, 5.74) is 0.314. The normalized spacial score (nSPS) is 18.5. The van der Waals surface area contributed by atoms with Gasteiger partial charge in [0.2, 0.25) is 0 Å². The number of anilines is 1. The number of carbonyl (C=O) groups excluding carboxylic acids is 1. The van der Waals surface area contributed by atoms with Crippen LogP contribution in [0, 0.1) is 0 Å². The van der Waals surface area contributed by atoms with Crippen molar-refractivity contribution >= 4 is 11.7 Å². The van der Waals surface area contributed by atoms with Gasteiger partial charge in [-0.1, -0.05) is 31.9 Å². The van der Waals surface area contributed by atoms with E-state index in [9.17, 15) is 4.79 Å². The molecule has 116 valence electrons. The molecule has 3 rings (SSSR count). The fraction of sp³-hybridized carbons (Fsp3) is 0.412. The van der Waals surface area contributed by atoms with E-state index >= 15 is 0 Å². The zero-order chi connectivity index (χ0) is 15.4. The van der Waals surface area contributed by atoms with Gasteiger partial charge in [0.05, 0.1) is 5.57 Å². The molecular weight excluding hydrogens is 280 g/mol. The SMILES string of the molecule is C=C(C(=O)N(c1ccccn1)C1CCCCC1)C1=CCOO1. The van der Waals surface area contributed by atoms with Gasteiger partial charge in [0.25, 0.3) is 5.91 Å². The average molecular weight is 300 g/mol. The Labute approximate surface area is 130 Å². The smallest absolute Gasteiger partial charge is 0.262 e. The summed E-state index contributed by atoms with van der Waals surface area (Å²) in [4.78, 5) is 28.9. The lowest BCUT2D eigenvalue weighted by Crippen LogP contribution is -2.43. The van der Waals surface area contributed by atoms with E-state index < -0.39 is 0 Å². The Bertz CT molecular complexity index is 577. The van der Waals surface area contributed by atoms with Gasteiger partial charge in [0, 0.05) is 12.2 Å². The summed E-state index contributed by atoms with van der Waals surface area (Å²) in [6, 6.07) is 5.76. The van der Waals surface area contributed by atoms with E-state index in [4.69, 9.17) is 9.78 Å². The van der Waals surface area contributed by atoms with Crippen LogP contribution in [0.5, 0.6) is 0 Å². The third-order valence-electron chi connectivity index (χ3n) is 4.10. The molecule has 5 nitrogen and oxygen atoms in total. The third kappa shape index (κ3) is 3.04. The van der Waals surface area contributed by atoms with Gasteiger partial charge in [-0.2, -0.15) is 4.89 Å². The highest BCUT2D eigenvalue weighted by molar-refractivity contribution is 6.07. The van der Waals surface area contributed by atoms with Crippen molar-refractivity contribution in [1.82, 2.24) is 4.98 Å². The van der Waals surface area contributed by atoms with Crippen molar-refractivity contribution in [3.8, 4) is 0 Å². The molecule has 0 bridgehead atoms. The van der Waals surface area contributed by atoms with Crippen molar-refractivity contribution in [2.75, 3.05) is 11.5 Å². The fourth-order valence-corrected chi connectivity index (χ4v) is 2.96. The van der Waals surface area contributed by atoms with Crippen LogP contribution in [-0.2, 0) is 14.6 Å². The number of nitrogens with zero attached hydrogens (tertiary/aromatic N) is 2. The van der Waals surface area contributed by atoms with E-state index in [1.165, 1.54) is 6.42 Å². The summed E-state index contributed by atoms with van der Waals surface area (Å²) in [5, 5.41) is 0. The van der Waals surface area contributed by atoms with Crippen LogP contribution in [0.2, 0.25) is 0 Å². The molecule has 0 unspecified atom stereocenters. The van der Waals surface area contributed by atoms with Crippen molar-refractivity contribution in [2.45, 2.75) is 38.1 Å². The predicted octanol–water partition coefficient (Wildman–Crippen LogP) is 3.15. The zero-order valence-corrected chi connectivity index (χ0v) is 12.5. The molecule has 0 atom stereocenters. The lowest BCUT2D eigenvalue weighted by atomic mass is 9.93. The van der Waals surface area contributed by atoms with Gasteiger partial charge in [-0.25, -0.2) is 4.98 Å². The van der Waals surface area contributed by atoms with Gasteiger partial charge in [-0.15, -0.1) is 0 Å². The van der Waals surface area contributed by atoms with Crippen molar-refractivity contribution in [1.29, 1.82) is 0 Å². The molecule has 1 aromatic heterocycles. The minimum Gasteiger partial charge on any atom is -0.337 e. The lowest BCUT2D eigenvalue weighted by Gasteiger charge is -2.33. The van der Waals surface area contributed by atoms with Crippen LogP contribution in [0.3, 0.4) is 0 Å². The highest BCUT2D eigenvalue weighted by Crippen LogP contribution is 2.29. The van der Waals surface area contributed by atoms with Crippen molar-refractivity contribution in [2.24, 2.45) is 0 Å². The standard InChI is InChI=1S/C17H20N2O3/c1-13(15-10-12-21-22-15)17(20)19(14-7-3-2-4-8-14)16-9-5-6-11-18-16/h5-6,9-11,14H,1-4,7-8,12H2.